The summed E-state index contributed by atoms with van der Waals surface area (Å²) >= 11 is 0. The van der Waals surface area contributed by atoms with Crippen LogP contribution in [0.15, 0.2) is 511 Å². The summed E-state index contributed by atoms with van der Waals surface area (Å²) in [5, 5.41) is 32.0. The zero-order chi connectivity index (χ0) is 93.8. The normalized spacial score (nSPS) is 12.4. The molecule has 1 aliphatic rings. The third kappa shape index (κ3) is 13.1. The average Bonchev–Trinajstić information content (AvgIpc) is 1.54. The van der Waals surface area contributed by atoms with E-state index in [-0.39, 0.29) is 5.41 Å². The van der Waals surface area contributed by atoms with Gasteiger partial charge in [-0.25, -0.2) is 0 Å². The number of para-hydroxylation sites is 3. The lowest BCUT2D eigenvalue weighted by Crippen LogP contribution is -2.15. The van der Waals surface area contributed by atoms with Crippen molar-refractivity contribution in [1.29, 1.82) is 0 Å². The topological polar surface area (TPSA) is 39.4 Å². The van der Waals surface area contributed by atoms with E-state index in [1.165, 1.54) is 236 Å². The Bertz CT molecular complexity index is 10100. The number of rotatable bonds is 9. The number of fused-ring (bicyclic) bond motifs is 23. The zero-order valence-electron chi connectivity index (χ0n) is 78.1. The molecule has 3 heterocycles. The fourth-order valence-electron chi connectivity index (χ4n) is 24.0. The summed E-state index contributed by atoms with van der Waals surface area (Å²) in [6.07, 6.45) is 0. The van der Waals surface area contributed by atoms with E-state index in [0.29, 0.717) is 0 Å². The predicted molar refractivity (Wildman–Crippen MR) is 603 cm³/mol. The SMILES string of the molecule is CC1(C)c2cc(-c3c4ccccc4c(-c4cccc5oc6ccccc6c45)c4ccccc34)ccc2-c2c1ccc1ccccc21.c1ccc(-c2cccc(-c3ccc4c(-c5c6ccccc6c(-c6cccc7oc8ccccc8c67)c6ccccc56)cccc4c3)c2)cc1.c1ccc2cc(-c3ccc4c(-c5c6ccccc6c(-c6cccc7oc8ccccc8c67)c6ccccc56)cccc4c3)ccc2c1. The zero-order valence-corrected chi connectivity index (χ0v) is 78.1. The van der Waals surface area contributed by atoms with Gasteiger partial charge in [0.25, 0.3) is 0 Å². The summed E-state index contributed by atoms with van der Waals surface area (Å²) in [6.45, 7) is 4.76. The van der Waals surface area contributed by atoms with E-state index in [0.717, 1.165) is 60.4 Å². The van der Waals surface area contributed by atoms with Gasteiger partial charge < -0.3 is 13.3 Å². The van der Waals surface area contributed by atoms with Crippen LogP contribution < -0.4 is 0 Å². The largest absolute Gasteiger partial charge is 0.456 e. The molecule has 0 spiro atoms. The van der Waals surface area contributed by atoms with Crippen molar-refractivity contribution >= 4 is 174 Å². The standard InChI is InChI=1S/C48H30O.C46H28O.C45H30O/c1-2-13-31(14-3-1)32-15-10-16-33(29-32)34-27-28-36-35(30-34)17-11-23-37(36)46-38-18-4-6-20-40(38)47(41-21-7-5-19-39(41)46)43-24-12-26-45-48(43)42-22-8-9-25-44(42)49-45;1-2-12-30-27-31(24-23-29(30)11-1)32-25-26-34-33(28-32)13-9-19-35(34)44-36-14-3-5-16-38(36)45(39-17-6-4-15-37(39)44)41-20-10-22-43-46(41)40-18-7-8-21-42(40)47-43;1-45(2)37-25-23-27-12-3-4-13-29(27)43(37)34-24-22-28(26-38(34)45)41-30-14-5-7-16-32(30)42(33-17-8-6-15-31(33)41)36-19-11-21-40-44(36)35-18-9-10-20-39(35)46-40/h1-30H;1-28H;3-26H,1-2H3. The fourth-order valence-corrected chi connectivity index (χ4v) is 24.0. The first-order valence-corrected chi connectivity index (χ1v) is 49.1. The Kier molecular flexibility index (Phi) is 19.1. The molecule has 0 saturated carbocycles. The third-order valence-electron chi connectivity index (χ3n) is 30.3. The maximum absolute atomic E-state index is 6.35. The van der Waals surface area contributed by atoms with Crippen LogP contribution in [0, 0.1) is 0 Å². The van der Waals surface area contributed by atoms with E-state index in [9.17, 15) is 0 Å². The van der Waals surface area contributed by atoms with Crippen molar-refractivity contribution in [3.63, 3.8) is 0 Å². The second kappa shape index (κ2) is 33.0. The highest BCUT2D eigenvalue weighted by molar-refractivity contribution is 6.31. The molecule has 30 rings (SSSR count). The molecule has 0 N–H and O–H groups in total. The highest BCUT2D eigenvalue weighted by atomic mass is 16.3. The van der Waals surface area contributed by atoms with Crippen molar-refractivity contribution in [1.82, 2.24) is 0 Å². The molecule has 0 aliphatic heterocycles. The van der Waals surface area contributed by atoms with Crippen LogP contribution in [0.5, 0.6) is 0 Å². The monoisotopic (exact) mass is 1800 g/mol. The van der Waals surface area contributed by atoms with Crippen LogP contribution in [-0.4, -0.2) is 0 Å². The molecule has 3 nitrogen and oxygen atoms in total. The Morgan fingerprint density at radius 2 is 0.415 bits per heavy atom. The van der Waals surface area contributed by atoms with Crippen molar-refractivity contribution in [2.45, 2.75) is 19.3 Å². The molecule has 0 amide bonds. The molecule has 0 unspecified atom stereocenters. The smallest absolute Gasteiger partial charge is 0.136 e. The molecule has 26 aromatic carbocycles. The molecule has 1 aliphatic carbocycles. The Hall–Kier alpha value is -18.3. The molecule has 0 atom stereocenters. The molecule has 0 fully saturated rings. The van der Waals surface area contributed by atoms with Gasteiger partial charge in [-0.3, -0.25) is 0 Å². The van der Waals surface area contributed by atoms with E-state index < -0.39 is 0 Å². The second-order valence-corrected chi connectivity index (χ2v) is 38.4. The van der Waals surface area contributed by atoms with Crippen molar-refractivity contribution < 1.29 is 13.3 Å². The Labute approximate surface area is 820 Å². The summed E-state index contributed by atoms with van der Waals surface area (Å²) in [5.41, 5.74) is 33.2. The quantitative estimate of drug-likeness (QED) is 0.135. The van der Waals surface area contributed by atoms with E-state index in [2.05, 4.69) is 493 Å². The molecule has 0 radical (unpaired) electrons. The third-order valence-corrected chi connectivity index (χ3v) is 30.3. The molecule has 3 aromatic heterocycles. The molecular formula is C139H88O3. The number of furan rings is 3. The van der Waals surface area contributed by atoms with Crippen molar-refractivity contribution in [3.8, 4) is 111 Å². The average molecular weight is 1810 g/mol. The van der Waals surface area contributed by atoms with Crippen molar-refractivity contribution in [3.05, 3.63) is 509 Å². The van der Waals surface area contributed by atoms with Crippen LogP contribution in [0.1, 0.15) is 25.0 Å². The van der Waals surface area contributed by atoms with Crippen LogP contribution in [0.3, 0.4) is 0 Å². The van der Waals surface area contributed by atoms with Gasteiger partial charge in [0, 0.05) is 37.7 Å². The van der Waals surface area contributed by atoms with Crippen LogP contribution >= 0.6 is 0 Å². The Morgan fingerprint density at radius 3 is 0.845 bits per heavy atom. The summed E-state index contributed by atoms with van der Waals surface area (Å²) in [5.74, 6) is 0. The minimum Gasteiger partial charge on any atom is -0.456 e. The van der Waals surface area contributed by atoms with Gasteiger partial charge in [0.1, 0.15) is 33.5 Å². The second-order valence-electron chi connectivity index (χ2n) is 38.4. The Balaban J connectivity index is 0.000000104. The molecular weight excluding hydrogens is 1720 g/mol. The minimum atomic E-state index is -0.103. The summed E-state index contributed by atoms with van der Waals surface area (Å²) in [7, 11) is 0. The first-order chi connectivity index (χ1) is 70.2. The maximum Gasteiger partial charge on any atom is 0.136 e. The molecule has 142 heavy (non-hydrogen) atoms. The highest BCUT2D eigenvalue weighted by Gasteiger charge is 2.38. The van der Waals surface area contributed by atoms with Crippen LogP contribution in [0.25, 0.3) is 285 Å². The Morgan fingerprint density at radius 1 is 0.134 bits per heavy atom. The lowest BCUT2D eigenvalue weighted by Gasteiger charge is -2.23. The number of benzene rings is 26. The van der Waals surface area contributed by atoms with Gasteiger partial charge in [0.05, 0.1) is 0 Å². The molecule has 662 valence electrons. The molecule has 29 aromatic rings. The number of hydrogen-bond donors (Lipinski definition) is 0. The van der Waals surface area contributed by atoms with E-state index in [4.69, 9.17) is 13.3 Å². The first kappa shape index (κ1) is 82.0. The van der Waals surface area contributed by atoms with Gasteiger partial charge in [-0.15, -0.1) is 0 Å². The van der Waals surface area contributed by atoms with Gasteiger partial charge in [-0.1, -0.05) is 445 Å². The van der Waals surface area contributed by atoms with Gasteiger partial charge >= 0.3 is 0 Å². The first-order valence-electron chi connectivity index (χ1n) is 49.1. The van der Waals surface area contributed by atoms with Gasteiger partial charge in [0.15, 0.2) is 0 Å². The van der Waals surface area contributed by atoms with Gasteiger partial charge in [0.2, 0.25) is 0 Å². The highest BCUT2D eigenvalue weighted by Crippen LogP contribution is 2.57. The fraction of sp³-hybridized carbons (Fsp3) is 0.0216. The van der Waals surface area contributed by atoms with E-state index >= 15 is 0 Å². The van der Waals surface area contributed by atoms with Crippen molar-refractivity contribution in [2.75, 3.05) is 0 Å². The van der Waals surface area contributed by atoms with Crippen LogP contribution in [0.2, 0.25) is 0 Å². The van der Waals surface area contributed by atoms with Gasteiger partial charge in [-0.05, 0) is 297 Å². The molecule has 0 saturated heterocycles. The van der Waals surface area contributed by atoms with Gasteiger partial charge in [-0.2, -0.15) is 0 Å². The predicted octanol–water partition coefficient (Wildman–Crippen LogP) is 39.6. The summed E-state index contributed by atoms with van der Waals surface area (Å²) in [6, 6.07) is 181. The van der Waals surface area contributed by atoms with E-state index in [1.807, 2.05) is 18.2 Å². The maximum atomic E-state index is 6.35. The lowest BCUT2D eigenvalue weighted by molar-refractivity contribution is 0.661. The van der Waals surface area contributed by atoms with Crippen molar-refractivity contribution in [2.24, 2.45) is 0 Å². The lowest BCUT2D eigenvalue weighted by atomic mass is 9.80. The van der Waals surface area contributed by atoms with Crippen LogP contribution in [-0.2, 0) is 5.41 Å². The summed E-state index contributed by atoms with van der Waals surface area (Å²) < 4.78 is 19.0. The molecule has 0 bridgehead atoms. The van der Waals surface area contributed by atoms with Crippen LogP contribution in [0.4, 0.5) is 0 Å². The van der Waals surface area contributed by atoms with E-state index in [1.54, 1.807) is 0 Å². The minimum absolute atomic E-state index is 0.103. The summed E-state index contributed by atoms with van der Waals surface area (Å²) in [4.78, 5) is 0. The molecule has 3 heteroatoms. The number of hydrogen-bond acceptors (Lipinski definition) is 3.